The average Bonchev–Trinajstić information content (AvgIpc) is 3.49. The van der Waals surface area contributed by atoms with E-state index in [0.717, 1.165) is 96.3 Å². The minimum atomic E-state index is -0.847. The standard InChI is InChI=1S/C77H128O6/c1-4-7-10-13-16-19-22-25-28-31-33-34-35-36-37-38-39-40-41-42-44-46-49-52-55-58-61-64-67-70-76(79)82-73-74(72-81-75(78)69-66-63-60-57-54-51-48-45-30-27-24-21-18-15-12-9-6-3)83-77(80)71-68-65-62-59-56-53-50-47-43-32-29-26-23-20-17-14-11-8-5-2/h8-9,11-12,17-18,20-21,26-27,29-30,43,47-48,51,53,56-57,60,62,65,74H,4-7,10,13-16,19,22-25,28,31-42,44-46,49-50,52,54-55,58-59,61,63-64,66-73H2,1-3H3/b11-8-,12-9-,20-17-,21-18-,29-26-,30-27-,47-43-,51-48-,56-53-,60-57-,65-62-. The molecule has 0 N–H and O–H groups in total. The topological polar surface area (TPSA) is 78.9 Å². The number of esters is 3. The van der Waals surface area contributed by atoms with E-state index in [2.05, 4.69) is 142 Å². The van der Waals surface area contributed by atoms with Gasteiger partial charge in [0.25, 0.3) is 0 Å². The summed E-state index contributed by atoms with van der Waals surface area (Å²) in [5.74, 6) is -1.07. The maximum atomic E-state index is 12.9. The van der Waals surface area contributed by atoms with Crippen molar-refractivity contribution in [1.29, 1.82) is 0 Å². The molecule has 0 rings (SSSR count). The van der Waals surface area contributed by atoms with E-state index in [0.29, 0.717) is 19.3 Å². The van der Waals surface area contributed by atoms with Crippen LogP contribution >= 0.6 is 0 Å². The normalized spacial score (nSPS) is 13.0. The molecule has 6 heteroatoms. The Hall–Kier alpha value is -4.45. The van der Waals surface area contributed by atoms with Gasteiger partial charge in [0.05, 0.1) is 0 Å². The highest BCUT2D eigenvalue weighted by atomic mass is 16.6. The fraction of sp³-hybridized carbons (Fsp3) is 0.675. The Kier molecular flexibility index (Phi) is 66.3. The Bertz CT molecular complexity index is 1750. The second-order valence-electron chi connectivity index (χ2n) is 22.7. The van der Waals surface area contributed by atoms with Crippen LogP contribution in [0.25, 0.3) is 0 Å². The van der Waals surface area contributed by atoms with Crippen LogP contribution in [0.15, 0.2) is 134 Å². The summed E-state index contributed by atoms with van der Waals surface area (Å²) >= 11 is 0. The van der Waals surface area contributed by atoms with Gasteiger partial charge in [-0.15, -0.1) is 0 Å². The van der Waals surface area contributed by atoms with E-state index < -0.39 is 12.1 Å². The molecule has 0 spiro atoms. The average molecular weight is 1150 g/mol. The fourth-order valence-corrected chi connectivity index (χ4v) is 9.57. The minimum absolute atomic E-state index is 0.128. The van der Waals surface area contributed by atoms with Crippen molar-refractivity contribution in [1.82, 2.24) is 0 Å². The van der Waals surface area contributed by atoms with Gasteiger partial charge in [-0.3, -0.25) is 14.4 Å². The Morgan fingerprint density at radius 3 is 0.783 bits per heavy atom. The highest BCUT2D eigenvalue weighted by Crippen LogP contribution is 2.17. The second-order valence-corrected chi connectivity index (χ2v) is 22.7. The first-order chi connectivity index (χ1) is 41.0. The number of hydrogen-bond donors (Lipinski definition) is 0. The van der Waals surface area contributed by atoms with Crippen LogP contribution in [0.3, 0.4) is 0 Å². The lowest BCUT2D eigenvalue weighted by Gasteiger charge is -2.18. The van der Waals surface area contributed by atoms with Crippen LogP contribution in [-0.4, -0.2) is 37.2 Å². The molecule has 0 bridgehead atoms. The van der Waals surface area contributed by atoms with Crippen LogP contribution in [-0.2, 0) is 28.6 Å². The van der Waals surface area contributed by atoms with E-state index >= 15 is 0 Å². The molecule has 0 aliphatic rings. The fourth-order valence-electron chi connectivity index (χ4n) is 9.57. The van der Waals surface area contributed by atoms with Gasteiger partial charge in [0.1, 0.15) is 13.2 Å². The summed E-state index contributed by atoms with van der Waals surface area (Å²) in [7, 11) is 0. The van der Waals surface area contributed by atoms with Crippen LogP contribution in [0, 0.1) is 0 Å². The van der Waals surface area contributed by atoms with Gasteiger partial charge in [0.2, 0.25) is 0 Å². The van der Waals surface area contributed by atoms with E-state index in [9.17, 15) is 14.4 Å². The molecule has 0 fully saturated rings. The second kappa shape index (κ2) is 70.0. The molecule has 0 saturated carbocycles. The Morgan fingerprint density at radius 2 is 0.494 bits per heavy atom. The summed E-state index contributed by atoms with van der Waals surface area (Å²) in [5, 5.41) is 0. The molecular weight excluding hydrogens is 1020 g/mol. The third-order valence-corrected chi connectivity index (χ3v) is 14.7. The van der Waals surface area contributed by atoms with E-state index in [-0.39, 0.29) is 38.0 Å². The Balaban J connectivity index is 4.40. The molecule has 472 valence electrons. The number of rotatable bonds is 62. The third kappa shape index (κ3) is 68.2. The summed E-state index contributed by atoms with van der Waals surface area (Å²) in [4.78, 5) is 38.3. The predicted molar refractivity (Wildman–Crippen MR) is 362 cm³/mol. The molecule has 0 radical (unpaired) electrons. The van der Waals surface area contributed by atoms with Gasteiger partial charge in [0.15, 0.2) is 6.10 Å². The van der Waals surface area contributed by atoms with E-state index in [4.69, 9.17) is 14.2 Å². The lowest BCUT2D eigenvalue weighted by atomic mass is 10.0. The number of ether oxygens (including phenoxy) is 3. The molecule has 0 aromatic heterocycles. The lowest BCUT2D eigenvalue weighted by molar-refractivity contribution is -0.166. The summed E-state index contributed by atoms with van der Waals surface area (Å²) in [6.07, 6.45) is 99.4. The maximum Gasteiger partial charge on any atom is 0.306 e. The molecule has 0 aliphatic heterocycles. The number of carbonyl (C=O) groups excluding carboxylic acids is 3. The molecular formula is C77H128O6. The van der Waals surface area contributed by atoms with Crippen LogP contribution < -0.4 is 0 Å². The van der Waals surface area contributed by atoms with E-state index in [1.165, 1.54) is 167 Å². The van der Waals surface area contributed by atoms with Crippen molar-refractivity contribution in [3.05, 3.63) is 134 Å². The molecule has 0 aromatic carbocycles. The summed E-state index contributed by atoms with van der Waals surface area (Å²) in [5.41, 5.74) is 0. The van der Waals surface area contributed by atoms with Gasteiger partial charge in [-0.25, -0.2) is 0 Å². The maximum absolute atomic E-state index is 12.9. The number of unbranched alkanes of at least 4 members (excludes halogenated alkanes) is 29. The molecule has 0 amide bonds. The van der Waals surface area contributed by atoms with Gasteiger partial charge in [-0.05, 0) is 96.3 Å². The van der Waals surface area contributed by atoms with E-state index in [1.807, 2.05) is 12.2 Å². The number of carbonyl (C=O) groups is 3. The predicted octanol–water partition coefficient (Wildman–Crippen LogP) is 24.1. The van der Waals surface area contributed by atoms with Crippen molar-refractivity contribution in [2.75, 3.05) is 13.2 Å². The van der Waals surface area contributed by atoms with Crippen LogP contribution in [0.4, 0.5) is 0 Å². The zero-order valence-corrected chi connectivity index (χ0v) is 54.2. The summed E-state index contributed by atoms with van der Waals surface area (Å²) in [6, 6.07) is 0. The molecule has 0 aliphatic carbocycles. The smallest absolute Gasteiger partial charge is 0.306 e. The first kappa shape index (κ1) is 78.5. The first-order valence-electron chi connectivity index (χ1n) is 34.7. The third-order valence-electron chi connectivity index (χ3n) is 14.7. The Labute approximate surface area is 513 Å². The molecule has 1 unspecified atom stereocenters. The SMILES string of the molecule is CC/C=C\C/C=C\C/C=C\C/C=C\C/C=C\C/C=C\CCC(=O)OC(COC(=O)CCC/C=C\C/C=C\C/C=C\C/C=C\C/C=C\CC)COC(=O)CCCCCCCCCCCCCCCCCCCCCCCCCCCCCCC. The number of hydrogen-bond acceptors (Lipinski definition) is 6. The highest BCUT2D eigenvalue weighted by molar-refractivity contribution is 5.71. The minimum Gasteiger partial charge on any atom is -0.462 e. The van der Waals surface area contributed by atoms with Crippen molar-refractivity contribution < 1.29 is 28.6 Å². The summed E-state index contributed by atoms with van der Waals surface area (Å²) in [6.45, 7) is 6.33. The van der Waals surface area contributed by atoms with E-state index in [1.54, 1.807) is 0 Å². The van der Waals surface area contributed by atoms with Gasteiger partial charge in [-0.1, -0.05) is 334 Å². The summed E-state index contributed by atoms with van der Waals surface area (Å²) < 4.78 is 16.8. The number of allylic oxidation sites excluding steroid dienone is 22. The first-order valence-corrected chi connectivity index (χ1v) is 34.7. The van der Waals surface area contributed by atoms with Crippen LogP contribution in [0.5, 0.6) is 0 Å². The van der Waals surface area contributed by atoms with Gasteiger partial charge < -0.3 is 14.2 Å². The molecule has 1 atom stereocenters. The van der Waals surface area contributed by atoms with Crippen molar-refractivity contribution in [3.63, 3.8) is 0 Å². The monoisotopic (exact) mass is 1150 g/mol. The van der Waals surface area contributed by atoms with Crippen molar-refractivity contribution in [2.45, 2.75) is 322 Å². The zero-order valence-electron chi connectivity index (χ0n) is 54.2. The zero-order chi connectivity index (χ0) is 59.9. The molecule has 0 heterocycles. The highest BCUT2D eigenvalue weighted by Gasteiger charge is 2.19. The molecule has 83 heavy (non-hydrogen) atoms. The lowest BCUT2D eigenvalue weighted by Crippen LogP contribution is -2.30. The van der Waals surface area contributed by atoms with Gasteiger partial charge in [-0.2, -0.15) is 0 Å². The quantitative estimate of drug-likeness (QED) is 0.0261. The molecule has 0 saturated heterocycles. The molecule has 6 nitrogen and oxygen atoms in total. The Morgan fingerprint density at radius 1 is 0.253 bits per heavy atom. The van der Waals surface area contributed by atoms with Crippen LogP contribution in [0.2, 0.25) is 0 Å². The van der Waals surface area contributed by atoms with Crippen molar-refractivity contribution >= 4 is 17.9 Å². The van der Waals surface area contributed by atoms with Gasteiger partial charge in [0, 0.05) is 19.3 Å². The van der Waals surface area contributed by atoms with Gasteiger partial charge >= 0.3 is 17.9 Å². The van der Waals surface area contributed by atoms with Crippen molar-refractivity contribution in [3.8, 4) is 0 Å². The largest absolute Gasteiger partial charge is 0.462 e. The molecule has 0 aromatic rings. The van der Waals surface area contributed by atoms with Crippen LogP contribution in [0.1, 0.15) is 316 Å². The van der Waals surface area contributed by atoms with Crippen molar-refractivity contribution in [2.24, 2.45) is 0 Å².